The van der Waals surface area contributed by atoms with Crippen molar-refractivity contribution >= 4 is 33.0 Å². The van der Waals surface area contributed by atoms with Crippen molar-refractivity contribution < 1.29 is 26.3 Å². The summed E-state index contributed by atoms with van der Waals surface area (Å²) in [5.74, 6) is -2.55. The first-order valence-electron chi connectivity index (χ1n) is 6.35. The Hall–Kier alpha value is -2.60. The summed E-state index contributed by atoms with van der Waals surface area (Å²) in [6.45, 7) is 0. The summed E-state index contributed by atoms with van der Waals surface area (Å²) in [7, 11) is -3.41. The van der Waals surface area contributed by atoms with Gasteiger partial charge in [0.25, 0.3) is 15.2 Å². The predicted octanol–water partition coefficient (Wildman–Crippen LogP) is 2.00. The molecular weight excluding hydrogens is 387 g/mol. The summed E-state index contributed by atoms with van der Waals surface area (Å²) in [5, 5.41) is 2.23. The van der Waals surface area contributed by atoms with Crippen LogP contribution >= 0.6 is 11.6 Å². The average molecular weight is 394 g/mol. The largest absolute Gasteiger partial charge is 0.491 e. The summed E-state index contributed by atoms with van der Waals surface area (Å²) in [6, 6.07) is 1.43. The van der Waals surface area contributed by atoms with E-state index in [2.05, 4.69) is 15.1 Å². The van der Waals surface area contributed by atoms with E-state index in [-0.39, 0.29) is 16.4 Å². The summed E-state index contributed by atoms with van der Waals surface area (Å²) < 4.78 is 72.7. The third-order valence-corrected chi connectivity index (χ3v) is 4.32. The second-order valence-corrected chi connectivity index (χ2v) is 6.59. The molecule has 13 heteroatoms. The fraction of sp³-hybridized carbons (Fsp3) is 0.0833. The maximum absolute atomic E-state index is 13.8. The van der Waals surface area contributed by atoms with Crippen LogP contribution in [0.2, 0.25) is 5.02 Å². The van der Waals surface area contributed by atoms with E-state index in [9.17, 15) is 21.6 Å². The highest BCUT2D eigenvalue weighted by Crippen LogP contribution is 2.26. The van der Waals surface area contributed by atoms with Gasteiger partial charge in [-0.1, -0.05) is 11.6 Å². The average Bonchev–Trinajstić information content (AvgIpc) is 2.98. The molecule has 2 heterocycles. The Labute approximate surface area is 143 Å². The lowest BCUT2D eigenvalue weighted by Gasteiger charge is -2.07. The first kappa shape index (κ1) is 17.2. The number of hydrogen-bond acceptors (Lipinski definition) is 6. The summed E-state index contributed by atoms with van der Waals surface area (Å²) in [5.41, 5.74) is -1.26. The lowest BCUT2D eigenvalue weighted by molar-refractivity contribution is 0.405. The Morgan fingerprint density at radius 3 is 2.48 bits per heavy atom. The van der Waals surface area contributed by atoms with E-state index in [4.69, 9.17) is 16.3 Å². The maximum Gasteiger partial charge on any atom is 0.312 e. The van der Waals surface area contributed by atoms with E-state index in [1.54, 1.807) is 4.72 Å². The van der Waals surface area contributed by atoms with Crippen LogP contribution in [-0.2, 0) is 10.0 Å². The molecular formula is C12H7ClF3N5O3S. The van der Waals surface area contributed by atoms with E-state index >= 15 is 0 Å². The van der Waals surface area contributed by atoms with Gasteiger partial charge in [0.2, 0.25) is 5.65 Å². The van der Waals surface area contributed by atoms with Crippen molar-refractivity contribution in [3.8, 4) is 5.75 Å². The van der Waals surface area contributed by atoms with Crippen LogP contribution in [0.15, 0.2) is 23.5 Å². The molecule has 1 aromatic carbocycles. The van der Waals surface area contributed by atoms with Crippen LogP contribution in [0.3, 0.4) is 0 Å². The number of ether oxygens (including phenoxy) is 1. The van der Waals surface area contributed by atoms with Gasteiger partial charge in [-0.2, -0.15) is 22.3 Å². The van der Waals surface area contributed by atoms with Crippen LogP contribution in [0.4, 0.5) is 18.9 Å². The van der Waals surface area contributed by atoms with Crippen molar-refractivity contribution in [2.24, 2.45) is 0 Å². The molecule has 0 unspecified atom stereocenters. The number of nitrogens with zero attached hydrogens (tertiary/aromatic N) is 4. The normalized spacial score (nSPS) is 11.7. The Bertz CT molecular complexity index is 1070. The monoisotopic (exact) mass is 393 g/mol. The van der Waals surface area contributed by atoms with Gasteiger partial charge in [0.15, 0.2) is 17.4 Å². The van der Waals surface area contributed by atoms with Crippen LogP contribution in [0.5, 0.6) is 5.75 Å². The molecule has 3 aromatic rings. The Balaban J connectivity index is 2.10. The molecule has 132 valence electrons. The number of rotatable bonds is 4. The van der Waals surface area contributed by atoms with Crippen LogP contribution in [0, 0.1) is 17.7 Å². The quantitative estimate of drug-likeness (QED) is 0.681. The molecule has 2 aromatic heterocycles. The molecule has 0 fully saturated rings. The van der Waals surface area contributed by atoms with Crippen LogP contribution in [0.25, 0.3) is 5.65 Å². The van der Waals surface area contributed by atoms with Crippen molar-refractivity contribution in [3.63, 3.8) is 0 Å². The first-order valence-corrected chi connectivity index (χ1v) is 8.21. The predicted molar refractivity (Wildman–Crippen MR) is 79.5 cm³/mol. The number of halogens is 4. The van der Waals surface area contributed by atoms with Gasteiger partial charge in [0, 0.05) is 5.02 Å². The molecule has 3 rings (SSSR count). The van der Waals surface area contributed by atoms with Crippen LogP contribution in [-0.4, -0.2) is 35.1 Å². The van der Waals surface area contributed by atoms with Crippen molar-refractivity contribution in [1.29, 1.82) is 0 Å². The lowest BCUT2D eigenvalue weighted by Crippen LogP contribution is -2.17. The number of fused-ring (bicyclic) bond motifs is 1. The van der Waals surface area contributed by atoms with Gasteiger partial charge in [-0.05, 0) is 12.1 Å². The van der Waals surface area contributed by atoms with Gasteiger partial charge in [0.05, 0.1) is 13.3 Å². The van der Waals surface area contributed by atoms with Gasteiger partial charge in [0.1, 0.15) is 5.69 Å². The molecule has 0 radical (unpaired) electrons. The highest BCUT2D eigenvalue weighted by molar-refractivity contribution is 7.92. The molecule has 0 saturated carbocycles. The molecule has 0 spiro atoms. The Kier molecular flexibility index (Phi) is 4.16. The van der Waals surface area contributed by atoms with E-state index in [1.807, 2.05) is 0 Å². The SMILES string of the molecule is COc1cnc(F)n2nc(S(=O)(=O)Nc3c(F)cc(Cl)cc3F)nc12. The topological polar surface area (TPSA) is 98.5 Å². The molecule has 0 bridgehead atoms. The standard InChI is InChI=1S/C12H7ClF3N5O3S/c1-24-8-4-17-11(16)21-10(8)18-12(19-21)25(22,23)20-9-6(14)2-5(13)3-7(9)15/h2-4,20H,1H3. The number of sulfonamides is 1. The van der Waals surface area contributed by atoms with Gasteiger partial charge in [-0.15, -0.1) is 5.10 Å². The zero-order valence-corrected chi connectivity index (χ0v) is 13.7. The van der Waals surface area contributed by atoms with Crippen molar-refractivity contribution in [1.82, 2.24) is 19.6 Å². The number of methoxy groups -OCH3 is 1. The van der Waals surface area contributed by atoms with Crippen LogP contribution in [0.1, 0.15) is 0 Å². The van der Waals surface area contributed by atoms with Crippen LogP contribution < -0.4 is 9.46 Å². The summed E-state index contributed by atoms with van der Waals surface area (Å²) >= 11 is 5.47. The molecule has 0 atom stereocenters. The molecule has 1 N–H and O–H groups in total. The third kappa shape index (κ3) is 3.05. The maximum atomic E-state index is 13.8. The zero-order valence-electron chi connectivity index (χ0n) is 12.2. The third-order valence-electron chi connectivity index (χ3n) is 2.97. The lowest BCUT2D eigenvalue weighted by atomic mass is 10.3. The van der Waals surface area contributed by atoms with Gasteiger partial charge < -0.3 is 4.74 Å². The van der Waals surface area contributed by atoms with Gasteiger partial charge >= 0.3 is 6.08 Å². The number of aromatic nitrogens is 4. The molecule has 0 aliphatic heterocycles. The van der Waals surface area contributed by atoms with Crippen molar-refractivity contribution in [2.75, 3.05) is 11.8 Å². The minimum atomic E-state index is -4.64. The minimum absolute atomic E-state index is 0.0563. The second-order valence-electron chi connectivity index (χ2n) is 4.58. The van der Waals surface area contributed by atoms with E-state index < -0.39 is 38.6 Å². The number of nitrogens with one attached hydrogen (secondary N) is 1. The highest BCUT2D eigenvalue weighted by atomic mass is 35.5. The first-order chi connectivity index (χ1) is 11.7. The Morgan fingerprint density at radius 1 is 1.24 bits per heavy atom. The number of benzene rings is 1. The van der Waals surface area contributed by atoms with Crippen molar-refractivity contribution in [3.05, 3.63) is 41.1 Å². The minimum Gasteiger partial charge on any atom is -0.491 e. The molecule has 0 aliphatic carbocycles. The number of hydrogen-bond donors (Lipinski definition) is 1. The number of anilines is 1. The fourth-order valence-corrected chi connectivity index (χ4v) is 3.03. The van der Waals surface area contributed by atoms with E-state index in [0.29, 0.717) is 16.6 Å². The molecule has 8 nitrogen and oxygen atoms in total. The fourth-order valence-electron chi connectivity index (χ4n) is 1.88. The zero-order chi connectivity index (χ0) is 18.4. The Morgan fingerprint density at radius 2 is 1.88 bits per heavy atom. The molecule has 0 saturated heterocycles. The molecule has 25 heavy (non-hydrogen) atoms. The van der Waals surface area contributed by atoms with Gasteiger partial charge in [-0.3, -0.25) is 4.72 Å². The second kappa shape index (κ2) is 6.04. The highest BCUT2D eigenvalue weighted by Gasteiger charge is 2.26. The van der Waals surface area contributed by atoms with E-state index in [0.717, 1.165) is 6.20 Å². The van der Waals surface area contributed by atoms with Crippen molar-refractivity contribution in [2.45, 2.75) is 5.16 Å². The molecule has 0 amide bonds. The summed E-state index contributed by atoms with van der Waals surface area (Å²) in [6.07, 6.45) is -0.185. The van der Waals surface area contributed by atoms with Gasteiger partial charge in [-0.25, -0.2) is 13.8 Å². The summed E-state index contributed by atoms with van der Waals surface area (Å²) in [4.78, 5) is 6.93. The van der Waals surface area contributed by atoms with E-state index in [1.165, 1.54) is 7.11 Å². The molecule has 0 aliphatic rings. The smallest absolute Gasteiger partial charge is 0.312 e.